The Hall–Kier alpha value is -0.940. The van der Waals surface area contributed by atoms with Gasteiger partial charge in [0.15, 0.2) is 0 Å². The van der Waals surface area contributed by atoms with E-state index in [1.54, 1.807) is 10.3 Å². The predicted molar refractivity (Wildman–Crippen MR) is 62.6 cm³/mol. The van der Waals surface area contributed by atoms with Gasteiger partial charge < -0.3 is 10.0 Å². The molecule has 2 heterocycles. The summed E-state index contributed by atoms with van der Waals surface area (Å²) in [7, 11) is 0. The maximum Gasteiger partial charge on any atom is 0.273 e. The zero-order valence-electron chi connectivity index (χ0n) is 9.35. The summed E-state index contributed by atoms with van der Waals surface area (Å²) in [6, 6.07) is 0. The fourth-order valence-corrected chi connectivity index (χ4v) is 2.61. The molecule has 4 nitrogen and oxygen atoms in total. The van der Waals surface area contributed by atoms with Gasteiger partial charge in [-0.05, 0) is 25.7 Å². The average Bonchev–Trinajstić information content (AvgIpc) is 2.75. The van der Waals surface area contributed by atoms with Crippen LogP contribution in [0.25, 0.3) is 0 Å². The average molecular weight is 240 g/mol. The first kappa shape index (κ1) is 11.5. The van der Waals surface area contributed by atoms with Gasteiger partial charge in [0.25, 0.3) is 5.91 Å². The zero-order chi connectivity index (χ0) is 11.5. The van der Waals surface area contributed by atoms with E-state index in [1.807, 2.05) is 6.92 Å². The van der Waals surface area contributed by atoms with Crippen LogP contribution in [-0.4, -0.2) is 40.6 Å². The summed E-state index contributed by atoms with van der Waals surface area (Å²) < 4.78 is 0. The number of carbonyl (C=O) groups is 1. The van der Waals surface area contributed by atoms with Crippen LogP contribution in [0.2, 0.25) is 0 Å². The number of hydrogen-bond acceptors (Lipinski definition) is 4. The molecule has 1 N–H and O–H groups in total. The first-order chi connectivity index (χ1) is 7.70. The van der Waals surface area contributed by atoms with Crippen molar-refractivity contribution >= 4 is 17.2 Å². The van der Waals surface area contributed by atoms with Crippen LogP contribution in [0.5, 0.6) is 0 Å². The maximum atomic E-state index is 12.1. The second-order valence-electron chi connectivity index (χ2n) is 4.19. The summed E-state index contributed by atoms with van der Waals surface area (Å²) in [4.78, 5) is 18.1. The number of likely N-dealkylation sites (tertiary alicyclic amines) is 1. The molecule has 2 rings (SSSR count). The van der Waals surface area contributed by atoms with E-state index < -0.39 is 0 Å². The van der Waals surface area contributed by atoms with E-state index in [2.05, 4.69) is 4.98 Å². The molecule has 0 spiro atoms. The topological polar surface area (TPSA) is 53.4 Å². The third kappa shape index (κ3) is 2.41. The number of nitrogens with zero attached hydrogens (tertiary/aromatic N) is 2. The Balaban J connectivity index is 2.04. The lowest BCUT2D eigenvalue weighted by Gasteiger charge is -2.31. The van der Waals surface area contributed by atoms with E-state index in [-0.39, 0.29) is 18.4 Å². The molecule has 0 saturated carbocycles. The molecule has 0 radical (unpaired) electrons. The minimum atomic E-state index is 0.00231. The second-order valence-corrected chi connectivity index (χ2v) is 5.26. The number of thiazole rings is 1. The number of amides is 1. The molecule has 0 aromatic carbocycles. The van der Waals surface area contributed by atoms with Crippen molar-refractivity contribution in [1.29, 1.82) is 0 Å². The Morgan fingerprint density at radius 2 is 2.56 bits per heavy atom. The Morgan fingerprint density at radius 1 is 1.75 bits per heavy atom. The lowest BCUT2D eigenvalue weighted by molar-refractivity contribution is 0.0615. The predicted octanol–water partition coefficient (Wildman–Crippen LogP) is 1.30. The van der Waals surface area contributed by atoms with Crippen molar-refractivity contribution in [2.24, 2.45) is 5.92 Å². The SMILES string of the molecule is Cc1nc(C(=O)N2CCCC(CO)C2)cs1. The smallest absolute Gasteiger partial charge is 0.273 e. The minimum Gasteiger partial charge on any atom is -0.396 e. The molecule has 0 aliphatic carbocycles. The summed E-state index contributed by atoms with van der Waals surface area (Å²) >= 11 is 1.50. The molecule has 1 atom stereocenters. The molecule has 1 fully saturated rings. The molecule has 88 valence electrons. The fraction of sp³-hybridized carbons (Fsp3) is 0.636. The van der Waals surface area contributed by atoms with E-state index in [0.29, 0.717) is 12.2 Å². The normalized spacial score (nSPS) is 21.1. The number of aliphatic hydroxyl groups excluding tert-OH is 1. The molecular formula is C11H16N2O2S. The monoisotopic (exact) mass is 240 g/mol. The Labute approximate surface area is 98.9 Å². The summed E-state index contributed by atoms with van der Waals surface area (Å²) in [5, 5.41) is 11.8. The molecule has 1 aromatic rings. The lowest BCUT2D eigenvalue weighted by Crippen LogP contribution is -2.41. The van der Waals surface area contributed by atoms with Gasteiger partial charge >= 0.3 is 0 Å². The number of rotatable bonds is 2. The molecule has 1 aliphatic rings. The van der Waals surface area contributed by atoms with Gasteiger partial charge in [0.05, 0.1) is 5.01 Å². The largest absolute Gasteiger partial charge is 0.396 e. The van der Waals surface area contributed by atoms with Crippen molar-refractivity contribution in [1.82, 2.24) is 9.88 Å². The van der Waals surface area contributed by atoms with Crippen molar-refractivity contribution in [3.63, 3.8) is 0 Å². The number of aryl methyl sites for hydroxylation is 1. The highest BCUT2D eigenvalue weighted by Gasteiger charge is 2.25. The van der Waals surface area contributed by atoms with Gasteiger partial charge in [-0.25, -0.2) is 4.98 Å². The van der Waals surface area contributed by atoms with Gasteiger partial charge in [0.1, 0.15) is 5.69 Å². The van der Waals surface area contributed by atoms with Crippen molar-refractivity contribution < 1.29 is 9.90 Å². The van der Waals surface area contributed by atoms with Gasteiger partial charge in [-0.3, -0.25) is 4.79 Å². The molecule has 1 amide bonds. The summed E-state index contributed by atoms with van der Waals surface area (Å²) in [6.45, 7) is 3.51. The van der Waals surface area contributed by atoms with Crippen molar-refractivity contribution in [2.75, 3.05) is 19.7 Å². The highest BCUT2D eigenvalue weighted by Crippen LogP contribution is 2.18. The molecule has 5 heteroatoms. The quantitative estimate of drug-likeness (QED) is 0.847. The van der Waals surface area contributed by atoms with Crippen molar-refractivity contribution in [3.8, 4) is 0 Å². The van der Waals surface area contributed by atoms with Crippen LogP contribution in [0.1, 0.15) is 28.3 Å². The van der Waals surface area contributed by atoms with Crippen LogP contribution >= 0.6 is 11.3 Å². The first-order valence-corrected chi connectivity index (χ1v) is 6.41. The van der Waals surface area contributed by atoms with E-state index in [4.69, 9.17) is 5.11 Å². The van der Waals surface area contributed by atoms with Crippen LogP contribution in [0, 0.1) is 12.8 Å². The molecule has 1 unspecified atom stereocenters. The molecule has 16 heavy (non-hydrogen) atoms. The molecule has 1 aromatic heterocycles. The Kier molecular flexibility index (Phi) is 3.56. The van der Waals surface area contributed by atoms with E-state index in [1.165, 1.54) is 11.3 Å². The zero-order valence-corrected chi connectivity index (χ0v) is 10.2. The van der Waals surface area contributed by atoms with Crippen LogP contribution in [0.4, 0.5) is 0 Å². The molecule has 0 bridgehead atoms. The van der Waals surface area contributed by atoms with Gasteiger partial charge in [-0.2, -0.15) is 0 Å². The number of hydrogen-bond donors (Lipinski definition) is 1. The second kappa shape index (κ2) is 4.93. The minimum absolute atomic E-state index is 0.00231. The van der Waals surface area contributed by atoms with E-state index in [9.17, 15) is 4.79 Å². The van der Waals surface area contributed by atoms with Gasteiger partial charge in [-0.15, -0.1) is 11.3 Å². The van der Waals surface area contributed by atoms with Crippen molar-refractivity contribution in [2.45, 2.75) is 19.8 Å². The standard InChI is InChI=1S/C11H16N2O2S/c1-8-12-10(7-16-8)11(15)13-4-2-3-9(5-13)6-14/h7,9,14H,2-6H2,1H3. The van der Waals surface area contributed by atoms with Gasteiger partial charge in [0, 0.05) is 25.1 Å². The lowest BCUT2D eigenvalue weighted by atomic mass is 9.99. The maximum absolute atomic E-state index is 12.1. The third-order valence-electron chi connectivity index (χ3n) is 2.90. The Bertz CT molecular complexity index is 378. The van der Waals surface area contributed by atoms with Gasteiger partial charge in [-0.1, -0.05) is 0 Å². The number of aromatic nitrogens is 1. The molecule has 1 saturated heterocycles. The summed E-state index contributed by atoms with van der Waals surface area (Å²) in [6.07, 6.45) is 1.98. The number of carbonyl (C=O) groups excluding carboxylic acids is 1. The van der Waals surface area contributed by atoms with Crippen LogP contribution in [0.15, 0.2) is 5.38 Å². The van der Waals surface area contributed by atoms with E-state index in [0.717, 1.165) is 24.4 Å². The third-order valence-corrected chi connectivity index (χ3v) is 3.68. The van der Waals surface area contributed by atoms with Crippen molar-refractivity contribution in [3.05, 3.63) is 16.1 Å². The number of piperidine rings is 1. The highest BCUT2D eigenvalue weighted by atomic mass is 32.1. The van der Waals surface area contributed by atoms with Gasteiger partial charge in [0.2, 0.25) is 0 Å². The van der Waals surface area contributed by atoms with Crippen LogP contribution < -0.4 is 0 Å². The fourth-order valence-electron chi connectivity index (χ4n) is 2.02. The first-order valence-electron chi connectivity index (χ1n) is 5.53. The number of aliphatic hydroxyl groups is 1. The van der Waals surface area contributed by atoms with E-state index >= 15 is 0 Å². The van der Waals surface area contributed by atoms with Crippen LogP contribution in [0.3, 0.4) is 0 Å². The molecular weight excluding hydrogens is 224 g/mol. The molecule has 1 aliphatic heterocycles. The van der Waals surface area contributed by atoms with Crippen LogP contribution in [-0.2, 0) is 0 Å². The Morgan fingerprint density at radius 3 is 3.19 bits per heavy atom. The highest BCUT2D eigenvalue weighted by molar-refractivity contribution is 7.09. The summed E-state index contributed by atoms with van der Waals surface area (Å²) in [5.41, 5.74) is 0.543. The summed E-state index contributed by atoms with van der Waals surface area (Å²) in [5.74, 6) is 0.236.